The first-order chi connectivity index (χ1) is 13.7. The van der Waals surface area contributed by atoms with E-state index in [1.54, 1.807) is 12.3 Å². The van der Waals surface area contributed by atoms with E-state index in [2.05, 4.69) is 4.98 Å². The zero-order valence-corrected chi connectivity index (χ0v) is 14.5. The molecule has 0 aliphatic heterocycles. The number of aromatic nitrogens is 1. The normalized spacial score (nSPS) is 10.5. The topological polar surface area (TPSA) is 165 Å². The first-order valence-electron chi connectivity index (χ1n) is 8.10. The molecule has 0 unspecified atom stereocenters. The van der Waals surface area contributed by atoms with Crippen LogP contribution in [0.5, 0.6) is 0 Å². The van der Waals surface area contributed by atoms with E-state index in [0.717, 1.165) is 0 Å². The highest BCUT2D eigenvalue weighted by Gasteiger charge is 2.20. The van der Waals surface area contributed by atoms with E-state index >= 15 is 0 Å². The Morgan fingerprint density at radius 3 is 1.52 bits per heavy atom. The molecule has 0 amide bonds. The molecule has 0 aliphatic carbocycles. The van der Waals surface area contributed by atoms with Crippen LogP contribution in [-0.2, 0) is 0 Å². The zero-order valence-electron chi connectivity index (χ0n) is 14.5. The number of carboxylic acids is 4. The largest absolute Gasteiger partial charge is 0.478 e. The van der Waals surface area contributed by atoms with Crippen molar-refractivity contribution in [2.45, 2.75) is 0 Å². The maximum atomic E-state index is 11.4. The molecule has 0 spiro atoms. The number of carboxylic acid groups (broad SMARTS) is 4. The van der Waals surface area contributed by atoms with Crippen LogP contribution in [-0.4, -0.2) is 49.3 Å². The van der Waals surface area contributed by atoms with Gasteiger partial charge in [-0.05, 0) is 41.5 Å². The molecule has 9 nitrogen and oxygen atoms in total. The number of hydrogen-bond acceptors (Lipinski definition) is 4. The van der Waals surface area contributed by atoms with Crippen LogP contribution in [0, 0.1) is 0 Å². The minimum absolute atomic E-state index is 0.364. The molecule has 3 rings (SSSR count). The van der Waals surface area contributed by atoms with E-state index in [9.17, 15) is 29.4 Å². The Morgan fingerprint density at radius 2 is 1.03 bits per heavy atom. The van der Waals surface area contributed by atoms with Crippen molar-refractivity contribution in [1.82, 2.24) is 4.98 Å². The molecule has 0 aliphatic rings. The van der Waals surface area contributed by atoms with Gasteiger partial charge in [0.25, 0.3) is 0 Å². The molecule has 2 aromatic carbocycles. The molecule has 146 valence electrons. The fraction of sp³-hybridized carbons (Fsp3) is 0. The van der Waals surface area contributed by atoms with Gasteiger partial charge in [-0.1, -0.05) is 12.1 Å². The summed E-state index contributed by atoms with van der Waals surface area (Å²) < 4.78 is 0. The fourth-order valence-corrected chi connectivity index (χ4v) is 2.99. The summed E-state index contributed by atoms with van der Waals surface area (Å²) in [4.78, 5) is 48.2. The van der Waals surface area contributed by atoms with Crippen LogP contribution >= 0.6 is 0 Å². The van der Waals surface area contributed by atoms with Crippen LogP contribution in [0.2, 0.25) is 0 Å². The summed E-state index contributed by atoms with van der Waals surface area (Å²) in [6.07, 6.45) is 1.54. The lowest BCUT2D eigenvalue weighted by Crippen LogP contribution is -2.08. The van der Waals surface area contributed by atoms with Crippen LogP contribution in [0.1, 0.15) is 41.4 Å². The van der Waals surface area contributed by atoms with Crippen molar-refractivity contribution in [3.8, 4) is 22.4 Å². The van der Waals surface area contributed by atoms with Crippen molar-refractivity contribution < 1.29 is 39.6 Å². The van der Waals surface area contributed by atoms with Gasteiger partial charge < -0.3 is 25.4 Å². The number of aromatic carboxylic acids is 4. The summed E-state index contributed by atoms with van der Waals surface area (Å²) in [7, 11) is 0. The van der Waals surface area contributed by atoms with Crippen LogP contribution in [0.3, 0.4) is 0 Å². The highest BCUT2D eigenvalue weighted by Crippen LogP contribution is 2.33. The standard InChI is InChI=1S/C20H13NO8/c22-17(23)12-3-1-9(7-14(12)19(26)27)11-5-6-21-16(11)10-2-4-13(18(24)25)15(8-10)20(28)29/h1-8,21H,(H,22,23)(H,24,25)(H,26,27)(H,28,29). The molecule has 5 N–H and O–H groups in total. The minimum atomic E-state index is -1.41. The second kappa shape index (κ2) is 7.31. The quantitative estimate of drug-likeness (QED) is 0.424. The molecule has 0 saturated carbocycles. The van der Waals surface area contributed by atoms with E-state index in [1.165, 1.54) is 36.4 Å². The monoisotopic (exact) mass is 395 g/mol. The molecule has 1 aromatic heterocycles. The highest BCUT2D eigenvalue weighted by atomic mass is 16.4. The van der Waals surface area contributed by atoms with Crippen molar-refractivity contribution in [2.75, 3.05) is 0 Å². The number of carbonyl (C=O) groups is 4. The molecular formula is C20H13NO8. The predicted octanol–water partition coefficient (Wildman–Crippen LogP) is 3.14. The Kier molecular flexibility index (Phi) is 4.88. The Bertz CT molecular complexity index is 1080. The van der Waals surface area contributed by atoms with Gasteiger partial charge in [0.05, 0.1) is 27.9 Å². The average molecular weight is 395 g/mol. The second-order valence-electron chi connectivity index (χ2n) is 6.01. The Morgan fingerprint density at radius 1 is 0.586 bits per heavy atom. The van der Waals surface area contributed by atoms with Crippen LogP contribution in [0.25, 0.3) is 22.4 Å². The van der Waals surface area contributed by atoms with Gasteiger partial charge in [-0.15, -0.1) is 0 Å². The number of rotatable bonds is 6. The molecule has 0 fully saturated rings. The molecule has 0 saturated heterocycles. The summed E-state index contributed by atoms with van der Waals surface area (Å²) in [5, 5.41) is 36.9. The number of benzene rings is 2. The van der Waals surface area contributed by atoms with Gasteiger partial charge in [0.1, 0.15) is 0 Å². The summed E-state index contributed by atoms with van der Waals surface area (Å²) in [5.74, 6) is -5.56. The number of nitrogens with one attached hydrogen (secondary N) is 1. The highest BCUT2D eigenvalue weighted by molar-refractivity contribution is 6.04. The maximum absolute atomic E-state index is 11.4. The summed E-state index contributed by atoms with van der Waals surface area (Å²) in [6.45, 7) is 0. The van der Waals surface area contributed by atoms with Crippen LogP contribution in [0.15, 0.2) is 48.7 Å². The van der Waals surface area contributed by atoms with Gasteiger partial charge in [0.2, 0.25) is 0 Å². The van der Waals surface area contributed by atoms with Crippen molar-refractivity contribution in [3.63, 3.8) is 0 Å². The molecular weight excluding hydrogens is 382 g/mol. The third-order valence-corrected chi connectivity index (χ3v) is 4.31. The Hall–Kier alpha value is -4.40. The Labute approximate surface area is 162 Å². The zero-order chi connectivity index (χ0) is 21.3. The molecule has 1 heterocycles. The van der Waals surface area contributed by atoms with E-state index in [4.69, 9.17) is 10.2 Å². The third kappa shape index (κ3) is 3.56. The van der Waals surface area contributed by atoms with Crippen molar-refractivity contribution in [3.05, 3.63) is 70.9 Å². The number of aromatic amines is 1. The van der Waals surface area contributed by atoms with Crippen LogP contribution in [0.4, 0.5) is 0 Å². The Balaban J connectivity index is 2.16. The lowest BCUT2D eigenvalue weighted by Gasteiger charge is -2.10. The molecule has 3 aromatic rings. The van der Waals surface area contributed by atoms with Gasteiger partial charge in [-0.3, -0.25) is 0 Å². The van der Waals surface area contributed by atoms with Crippen molar-refractivity contribution in [2.24, 2.45) is 0 Å². The molecule has 0 atom stereocenters. The van der Waals surface area contributed by atoms with Gasteiger partial charge in [0, 0.05) is 11.8 Å². The minimum Gasteiger partial charge on any atom is -0.478 e. The number of H-pyrrole nitrogens is 1. The second-order valence-corrected chi connectivity index (χ2v) is 6.01. The maximum Gasteiger partial charge on any atom is 0.336 e. The molecule has 0 bridgehead atoms. The molecule has 29 heavy (non-hydrogen) atoms. The summed E-state index contributed by atoms with van der Waals surface area (Å²) >= 11 is 0. The SMILES string of the molecule is O=C(O)c1ccc(-c2cc[nH]c2-c2ccc(C(=O)O)c(C(=O)O)c2)cc1C(=O)O. The number of hydrogen-bond donors (Lipinski definition) is 5. The van der Waals surface area contributed by atoms with Gasteiger partial charge in [0.15, 0.2) is 0 Å². The lowest BCUT2D eigenvalue weighted by atomic mass is 9.95. The first kappa shape index (κ1) is 19.4. The van der Waals surface area contributed by atoms with E-state index in [1.807, 2.05) is 0 Å². The summed E-state index contributed by atoms with van der Waals surface area (Å²) in [5.41, 5.74) is 0.144. The lowest BCUT2D eigenvalue weighted by molar-refractivity contribution is 0.0651. The van der Waals surface area contributed by atoms with E-state index in [0.29, 0.717) is 22.4 Å². The van der Waals surface area contributed by atoms with Crippen molar-refractivity contribution in [1.29, 1.82) is 0 Å². The smallest absolute Gasteiger partial charge is 0.336 e. The van der Waals surface area contributed by atoms with Gasteiger partial charge >= 0.3 is 23.9 Å². The van der Waals surface area contributed by atoms with Gasteiger partial charge in [-0.25, -0.2) is 19.2 Å². The summed E-state index contributed by atoms with van der Waals surface area (Å²) in [6, 6.07) is 9.23. The molecule has 0 radical (unpaired) electrons. The van der Waals surface area contributed by atoms with Gasteiger partial charge in [-0.2, -0.15) is 0 Å². The molecule has 9 heteroatoms. The first-order valence-corrected chi connectivity index (χ1v) is 8.10. The van der Waals surface area contributed by atoms with Crippen LogP contribution < -0.4 is 0 Å². The van der Waals surface area contributed by atoms with E-state index in [-0.39, 0.29) is 11.1 Å². The third-order valence-electron chi connectivity index (χ3n) is 4.31. The fourth-order valence-electron chi connectivity index (χ4n) is 2.99. The predicted molar refractivity (Wildman–Crippen MR) is 99.5 cm³/mol. The van der Waals surface area contributed by atoms with E-state index < -0.39 is 35.0 Å². The van der Waals surface area contributed by atoms with Crippen molar-refractivity contribution >= 4 is 23.9 Å². The average Bonchev–Trinajstić information content (AvgIpc) is 3.16.